The molecule has 0 saturated heterocycles. The van der Waals surface area contributed by atoms with Crippen LogP contribution in [0.5, 0.6) is 11.5 Å². The quantitative estimate of drug-likeness (QED) is 0.641. The van der Waals surface area contributed by atoms with Crippen LogP contribution in [-0.2, 0) is 16.4 Å². The molecule has 0 atom stereocenters. The lowest BCUT2D eigenvalue weighted by Crippen LogP contribution is -2.12. The van der Waals surface area contributed by atoms with E-state index in [0.29, 0.717) is 17.2 Å². The van der Waals surface area contributed by atoms with Gasteiger partial charge in [-0.25, -0.2) is 8.42 Å². The monoisotopic (exact) mass is 396 g/mol. The smallest absolute Gasteiger partial charge is 0.262 e. The number of hydrogen-bond donors (Lipinski definition) is 2. The van der Waals surface area contributed by atoms with Gasteiger partial charge in [0.2, 0.25) is 6.79 Å². The van der Waals surface area contributed by atoms with Crippen molar-refractivity contribution in [2.45, 2.75) is 18.2 Å². The van der Waals surface area contributed by atoms with Crippen LogP contribution in [0.1, 0.15) is 12.5 Å². The third kappa shape index (κ3) is 3.89. The first-order valence-electron chi connectivity index (χ1n) is 8.92. The molecule has 2 N–H and O–H groups in total. The molecule has 1 heterocycles. The van der Waals surface area contributed by atoms with E-state index in [-0.39, 0.29) is 11.7 Å². The minimum absolute atomic E-state index is 0.0991. The number of nitrogens with one attached hydrogen (secondary N) is 2. The molecule has 3 aromatic carbocycles. The van der Waals surface area contributed by atoms with E-state index in [0.717, 1.165) is 17.8 Å². The molecule has 0 unspecified atom stereocenters. The maximum absolute atomic E-state index is 12.6. The zero-order valence-electron chi connectivity index (χ0n) is 15.3. The standard InChI is InChI=1S/C21H20N2O4S/c1-2-15-3-5-16(6-4-15)22-17-7-9-18(10-8-17)23-28(24,25)19-11-12-20-21(13-19)27-14-26-20/h3-13,22-23H,2,14H2,1H3. The predicted molar refractivity (Wildman–Crippen MR) is 109 cm³/mol. The lowest BCUT2D eigenvalue weighted by molar-refractivity contribution is 0.174. The Morgan fingerprint density at radius 3 is 2.11 bits per heavy atom. The largest absolute Gasteiger partial charge is 0.454 e. The Labute approximate surface area is 164 Å². The highest BCUT2D eigenvalue weighted by atomic mass is 32.2. The fraction of sp³-hybridized carbons (Fsp3) is 0.143. The molecular formula is C21H20N2O4S. The van der Waals surface area contributed by atoms with Gasteiger partial charge in [0, 0.05) is 23.1 Å². The molecule has 0 aromatic heterocycles. The van der Waals surface area contributed by atoms with E-state index in [1.54, 1.807) is 18.2 Å². The highest BCUT2D eigenvalue weighted by Gasteiger charge is 2.20. The average Bonchev–Trinajstić information content (AvgIpc) is 3.18. The van der Waals surface area contributed by atoms with Gasteiger partial charge in [-0.05, 0) is 60.5 Å². The normalized spacial score (nSPS) is 12.6. The number of ether oxygens (including phenoxy) is 2. The fourth-order valence-electron chi connectivity index (χ4n) is 2.87. The molecule has 4 rings (SSSR count). The first-order chi connectivity index (χ1) is 13.5. The second-order valence-electron chi connectivity index (χ2n) is 6.37. The SMILES string of the molecule is CCc1ccc(Nc2ccc(NS(=O)(=O)c3ccc4c(c3)OCO4)cc2)cc1. The van der Waals surface area contributed by atoms with Crippen LogP contribution in [0.3, 0.4) is 0 Å². The zero-order chi connectivity index (χ0) is 19.6. The number of anilines is 3. The van der Waals surface area contributed by atoms with Crippen molar-refractivity contribution in [1.29, 1.82) is 0 Å². The summed E-state index contributed by atoms with van der Waals surface area (Å²) in [7, 11) is -3.72. The van der Waals surface area contributed by atoms with Gasteiger partial charge in [0.25, 0.3) is 10.0 Å². The maximum Gasteiger partial charge on any atom is 0.262 e. The Morgan fingerprint density at radius 1 is 0.821 bits per heavy atom. The summed E-state index contributed by atoms with van der Waals surface area (Å²) in [5, 5.41) is 3.30. The molecule has 144 valence electrons. The molecular weight excluding hydrogens is 376 g/mol. The van der Waals surface area contributed by atoms with Crippen LogP contribution >= 0.6 is 0 Å². The topological polar surface area (TPSA) is 76.7 Å². The summed E-state index contributed by atoms with van der Waals surface area (Å²) in [5.41, 5.74) is 3.60. The molecule has 0 saturated carbocycles. The van der Waals surface area contributed by atoms with E-state index in [1.165, 1.54) is 17.7 Å². The van der Waals surface area contributed by atoms with E-state index in [2.05, 4.69) is 29.1 Å². The first kappa shape index (κ1) is 18.2. The van der Waals surface area contributed by atoms with E-state index in [1.807, 2.05) is 24.3 Å². The first-order valence-corrected chi connectivity index (χ1v) is 10.4. The summed E-state index contributed by atoms with van der Waals surface area (Å²) in [6.07, 6.45) is 0.999. The van der Waals surface area contributed by atoms with Crippen molar-refractivity contribution in [3.05, 3.63) is 72.3 Å². The van der Waals surface area contributed by atoms with Crippen LogP contribution in [0.2, 0.25) is 0 Å². The van der Waals surface area contributed by atoms with Gasteiger partial charge in [0.15, 0.2) is 11.5 Å². The summed E-state index contributed by atoms with van der Waals surface area (Å²) in [4.78, 5) is 0.120. The number of benzene rings is 3. The highest BCUT2D eigenvalue weighted by molar-refractivity contribution is 7.92. The Balaban J connectivity index is 1.46. The molecule has 28 heavy (non-hydrogen) atoms. The van der Waals surface area contributed by atoms with Gasteiger partial charge < -0.3 is 14.8 Å². The molecule has 3 aromatic rings. The van der Waals surface area contributed by atoms with Crippen LogP contribution in [0.15, 0.2) is 71.6 Å². The van der Waals surface area contributed by atoms with Crippen LogP contribution in [-0.4, -0.2) is 15.2 Å². The molecule has 1 aliphatic rings. The van der Waals surface area contributed by atoms with E-state index < -0.39 is 10.0 Å². The van der Waals surface area contributed by atoms with Crippen LogP contribution in [0.25, 0.3) is 0 Å². The van der Waals surface area contributed by atoms with E-state index in [9.17, 15) is 8.42 Å². The lowest BCUT2D eigenvalue weighted by Gasteiger charge is -2.11. The molecule has 0 fully saturated rings. The van der Waals surface area contributed by atoms with Crippen molar-refractivity contribution < 1.29 is 17.9 Å². The Hall–Kier alpha value is -3.19. The van der Waals surface area contributed by atoms with Gasteiger partial charge in [0.1, 0.15) is 0 Å². The van der Waals surface area contributed by atoms with E-state index in [4.69, 9.17) is 9.47 Å². The Morgan fingerprint density at radius 2 is 1.43 bits per heavy atom. The van der Waals surface area contributed by atoms with Crippen molar-refractivity contribution >= 4 is 27.1 Å². The van der Waals surface area contributed by atoms with Crippen LogP contribution in [0, 0.1) is 0 Å². The van der Waals surface area contributed by atoms with Crippen molar-refractivity contribution in [2.24, 2.45) is 0 Å². The highest BCUT2D eigenvalue weighted by Crippen LogP contribution is 2.34. The van der Waals surface area contributed by atoms with Crippen LogP contribution in [0.4, 0.5) is 17.1 Å². The summed E-state index contributed by atoms with van der Waals surface area (Å²) >= 11 is 0. The number of aryl methyl sites for hydroxylation is 1. The van der Waals surface area contributed by atoms with Crippen molar-refractivity contribution in [3.63, 3.8) is 0 Å². The lowest BCUT2D eigenvalue weighted by atomic mass is 10.1. The Kier molecular flexibility index (Phi) is 4.83. The molecule has 0 aliphatic carbocycles. The molecule has 6 nitrogen and oxygen atoms in total. The van der Waals surface area contributed by atoms with Gasteiger partial charge in [-0.3, -0.25) is 4.72 Å². The van der Waals surface area contributed by atoms with Crippen molar-refractivity contribution in [2.75, 3.05) is 16.8 Å². The maximum atomic E-state index is 12.6. The number of hydrogen-bond acceptors (Lipinski definition) is 5. The second-order valence-corrected chi connectivity index (χ2v) is 8.06. The fourth-order valence-corrected chi connectivity index (χ4v) is 3.94. The number of sulfonamides is 1. The summed E-state index contributed by atoms with van der Waals surface area (Å²) in [5.74, 6) is 0.970. The van der Waals surface area contributed by atoms with Gasteiger partial charge in [0.05, 0.1) is 4.90 Å². The van der Waals surface area contributed by atoms with Gasteiger partial charge in [-0.1, -0.05) is 19.1 Å². The Bertz CT molecular complexity index is 1080. The minimum Gasteiger partial charge on any atom is -0.454 e. The average molecular weight is 396 g/mol. The van der Waals surface area contributed by atoms with Gasteiger partial charge >= 0.3 is 0 Å². The van der Waals surface area contributed by atoms with Crippen molar-refractivity contribution in [3.8, 4) is 11.5 Å². The summed E-state index contributed by atoms with van der Waals surface area (Å²) < 4.78 is 38.3. The zero-order valence-corrected chi connectivity index (χ0v) is 16.1. The second kappa shape index (κ2) is 7.44. The van der Waals surface area contributed by atoms with E-state index >= 15 is 0 Å². The summed E-state index contributed by atoms with van der Waals surface area (Å²) in [6, 6.07) is 19.8. The summed E-state index contributed by atoms with van der Waals surface area (Å²) in [6.45, 7) is 2.22. The molecule has 7 heteroatoms. The number of rotatable bonds is 6. The third-order valence-electron chi connectivity index (χ3n) is 4.44. The predicted octanol–water partition coefficient (Wildman–Crippen LogP) is 4.52. The van der Waals surface area contributed by atoms with Gasteiger partial charge in [-0.15, -0.1) is 0 Å². The molecule has 0 spiro atoms. The molecule has 0 bridgehead atoms. The van der Waals surface area contributed by atoms with Crippen molar-refractivity contribution in [1.82, 2.24) is 0 Å². The minimum atomic E-state index is -3.72. The molecule has 0 radical (unpaired) electrons. The third-order valence-corrected chi connectivity index (χ3v) is 5.82. The molecule has 0 amide bonds. The number of fused-ring (bicyclic) bond motifs is 1. The molecule has 1 aliphatic heterocycles. The van der Waals surface area contributed by atoms with Gasteiger partial charge in [-0.2, -0.15) is 0 Å². The van der Waals surface area contributed by atoms with Crippen LogP contribution < -0.4 is 19.5 Å².